The highest BCUT2D eigenvalue weighted by Gasteiger charge is 2.43. The first-order valence-electron chi connectivity index (χ1n) is 4.23. The Labute approximate surface area is 88.8 Å². The lowest BCUT2D eigenvalue weighted by molar-refractivity contribution is -0.117. The highest BCUT2D eigenvalue weighted by Crippen LogP contribution is 2.34. The Morgan fingerprint density at radius 1 is 1.71 bits per heavy atom. The lowest BCUT2D eigenvalue weighted by Crippen LogP contribution is -2.15. The van der Waals surface area contributed by atoms with E-state index in [1.165, 1.54) is 0 Å². The number of alkyl halides is 1. The van der Waals surface area contributed by atoms with Crippen molar-refractivity contribution in [2.75, 3.05) is 5.32 Å². The number of hydrogen-bond acceptors (Lipinski definition) is 2. The Kier molecular flexibility index (Phi) is 2.50. The number of hydrogen-bond donors (Lipinski definition) is 1. The summed E-state index contributed by atoms with van der Waals surface area (Å²) >= 11 is 3.25. The van der Waals surface area contributed by atoms with E-state index < -0.39 is 12.1 Å². The fraction of sp³-hybridized carbons (Fsp3) is 0.333. The first-order chi connectivity index (χ1) is 6.66. The van der Waals surface area contributed by atoms with Gasteiger partial charge in [-0.25, -0.2) is 9.37 Å². The monoisotopic (exact) mass is 258 g/mol. The van der Waals surface area contributed by atoms with E-state index >= 15 is 0 Å². The zero-order chi connectivity index (χ0) is 10.1. The van der Waals surface area contributed by atoms with Crippen molar-refractivity contribution < 1.29 is 9.18 Å². The molecule has 1 aliphatic rings. The highest BCUT2D eigenvalue weighted by atomic mass is 79.9. The number of pyridine rings is 1. The normalized spacial score (nSPS) is 24.4. The van der Waals surface area contributed by atoms with Crippen LogP contribution in [0.1, 0.15) is 6.42 Å². The van der Waals surface area contributed by atoms with Crippen LogP contribution in [0.15, 0.2) is 22.8 Å². The van der Waals surface area contributed by atoms with E-state index in [2.05, 4.69) is 26.2 Å². The van der Waals surface area contributed by atoms with Crippen LogP contribution < -0.4 is 5.32 Å². The van der Waals surface area contributed by atoms with Gasteiger partial charge in [-0.1, -0.05) is 15.9 Å². The SMILES string of the molecule is O=C(Nc1cc(Br)ccn1)C1CC1F. The molecule has 0 radical (unpaired) electrons. The van der Waals surface area contributed by atoms with Gasteiger partial charge in [0.1, 0.15) is 12.0 Å². The van der Waals surface area contributed by atoms with E-state index in [1.54, 1.807) is 18.3 Å². The molecule has 1 heterocycles. The van der Waals surface area contributed by atoms with E-state index in [4.69, 9.17) is 0 Å². The van der Waals surface area contributed by atoms with Crippen LogP contribution in [0.25, 0.3) is 0 Å². The first-order valence-corrected chi connectivity index (χ1v) is 5.02. The molecule has 0 saturated heterocycles. The fourth-order valence-electron chi connectivity index (χ4n) is 1.13. The molecule has 5 heteroatoms. The van der Waals surface area contributed by atoms with Crippen molar-refractivity contribution in [1.82, 2.24) is 4.98 Å². The van der Waals surface area contributed by atoms with Crippen molar-refractivity contribution in [2.45, 2.75) is 12.6 Å². The number of carbonyl (C=O) groups excluding carboxylic acids is 1. The van der Waals surface area contributed by atoms with Crippen molar-refractivity contribution in [3.63, 3.8) is 0 Å². The Balaban J connectivity index is 2.00. The molecule has 1 amide bonds. The average Bonchev–Trinajstić information content (AvgIpc) is 2.82. The first kappa shape index (κ1) is 9.58. The summed E-state index contributed by atoms with van der Waals surface area (Å²) in [4.78, 5) is 15.2. The summed E-state index contributed by atoms with van der Waals surface area (Å²) in [6.45, 7) is 0. The summed E-state index contributed by atoms with van der Waals surface area (Å²) in [6.07, 6.45) is 0.932. The zero-order valence-corrected chi connectivity index (χ0v) is 8.79. The molecule has 3 nitrogen and oxygen atoms in total. The molecule has 1 N–H and O–H groups in total. The number of anilines is 1. The number of aromatic nitrogens is 1. The van der Waals surface area contributed by atoms with Crippen molar-refractivity contribution in [1.29, 1.82) is 0 Å². The van der Waals surface area contributed by atoms with Gasteiger partial charge in [0.2, 0.25) is 5.91 Å². The van der Waals surface area contributed by atoms with E-state index in [0.29, 0.717) is 12.2 Å². The number of nitrogens with one attached hydrogen (secondary N) is 1. The summed E-state index contributed by atoms with van der Waals surface area (Å²) in [7, 11) is 0. The molecule has 14 heavy (non-hydrogen) atoms. The summed E-state index contributed by atoms with van der Waals surface area (Å²) in [6, 6.07) is 3.43. The van der Waals surface area contributed by atoms with Crippen LogP contribution in [0.2, 0.25) is 0 Å². The fourth-order valence-corrected chi connectivity index (χ4v) is 1.46. The average molecular weight is 259 g/mol. The molecule has 2 rings (SSSR count). The number of carbonyl (C=O) groups is 1. The molecular formula is C9H8BrFN2O. The van der Waals surface area contributed by atoms with Crippen molar-refractivity contribution in [2.24, 2.45) is 5.92 Å². The minimum absolute atomic E-state index is 0.289. The third kappa shape index (κ3) is 2.09. The van der Waals surface area contributed by atoms with Gasteiger partial charge >= 0.3 is 0 Å². The van der Waals surface area contributed by atoms with Crippen molar-refractivity contribution in [3.8, 4) is 0 Å². The molecule has 2 atom stereocenters. The number of amides is 1. The zero-order valence-electron chi connectivity index (χ0n) is 7.21. The number of rotatable bonds is 2. The van der Waals surface area contributed by atoms with Gasteiger partial charge in [-0.15, -0.1) is 0 Å². The molecule has 0 bridgehead atoms. The molecule has 1 aromatic rings. The number of nitrogens with zero attached hydrogens (tertiary/aromatic N) is 1. The maximum absolute atomic E-state index is 12.5. The smallest absolute Gasteiger partial charge is 0.231 e. The molecule has 74 valence electrons. The molecule has 0 aliphatic heterocycles. The summed E-state index contributed by atoms with van der Waals surface area (Å²) in [5.41, 5.74) is 0. The standard InChI is InChI=1S/C9H8BrFN2O/c10-5-1-2-12-8(3-5)13-9(14)6-4-7(6)11/h1-3,6-7H,4H2,(H,12,13,14). The third-order valence-corrected chi connectivity index (χ3v) is 2.52. The van der Waals surface area contributed by atoms with Gasteiger partial charge in [0.05, 0.1) is 5.92 Å². The van der Waals surface area contributed by atoms with Crippen LogP contribution in [0.4, 0.5) is 10.2 Å². The van der Waals surface area contributed by atoms with Gasteiger partial charge in [-0.05, 0) is 18.6 Å². The number of halogens is 2. The molecule has 1 fully saturated rings. The van der Waals surface area contributed by atoms with E-state index in [-0.39, 0.29) is 5.91 Å². The molecule has 1 aliphatic carbocycles. The van der Waals surface area contributed by atoms with Crippen LogP contribution in [-0.2, 0) is 4.79 Å². The Bertz CT molecular complexity index is 372. The maximum atomic E-state index is 12.5. The summed E-state index contributed by atoms with van der Waals surface area (Å²) in [5.74, 6) is -0.317. The van der Waals surface area contributed by atoms with Gasteiger partial charge in [-0.3, -0.25) is 4.79 Å². The quantitative estimate of drug-likeness (QED) is 0.884. The lowest BCUT2D eigenvalue weighted by atomic mass is 10.4. The minimum atomic E-state index is -0.970. The van der Waals surface area contributed by atoms with Gasteiger partial charge in [0, 0.05) is 10.7 Å². The van der Waals surface area contributed by atoms with Crippen molar-refractivity contribution >= 4 is 27.7 Å². The van der Waals surface area contributed by atoms with Gasteiger partial charge in [0.15, 0.2) is 0 Å². The predicted octanol–water partition coefficient (Wildman–Crippen LogP) is 2.14. The van der Waals surface area contributed by atoms with Gasteiger partial charge in [-0.2, -0.15) is 0 Å². The second kappa shape index (κ2) is 3.65. The van der Waals surface area contributed by atoms with Crippen LogP contribution >= 0.6 is 15.9 Å². The molecule has 2 unspecified atom stereocenters. The predicted molar refractivity (Wildman–Crippen MR) is 53.6 cm³/mol. The second-order valence-corrected chi connectivity index (χ2v) is 4.12. The Hall–Kier alpha value is -0.970. The van der Waals surface area contributed by atoms with Crippen LogP contribution in [0.5, 0.6) is 0 Å². The Morgan fingerprint density at radius 3 is 3.00 bits per heavy atom. The second-order valence-electron chi connectivity index (χ2n) is 3.21. The van der Waals surface area contributed by atoms with Crippen LogP contribution in [-0.4, -0.2) is 17.1 Å². The maximum Gasteiger partial charge on any atom is 0.231 e. The van der Waals surface area contributed by atoms with Crippen LogP contribution in [0.3, 0.4) is 0 Å². The van der Waals surface area contributed by atoms with Crippen LogP contribution in [0, 0.1) is 5.92 Å². The highest BCUT2D eigenvalue weighted by molar-refractivity contribution is 9.10. The molecule has 0 spiro atoms. The Morgan fingerprint density at radius 2 is 2.43 bits per heavy atom. The molecule has 1 aromatic heterocycles. The minimum Gasteiger partial charge on any atom is -0.310 e. The molecule has 0 aromatic carbocycles. The lowest BCUT2D eigenvalue weighted by Gasteiger charge is -2.02. The van der Waals surface area contributed by atoms with E-state index in [0.717, 1.165) is 4.47 Å². The molecular weight excluding hydrogens is 251 g/mol. The topological polar surface area (TPSA) is 42.0 Å². The van der Waals surface area contributed by atoms with Gasteiger partial charge in [0.25, 0.3) is 0 Å². The third-order valence-electron chi connectivity index (χ3n) is 2.02. The van der Waals surface area contributed by atoms with Gasteiger partial charge < -0.3 is 5.32 Å². The summed E-state index contributed by atoms with van der Waals surface area (Å²) in [5, 5.41) is 2.56. The summed E-state index contributed by atoms with van der Waals surface area (Å²) < 4.78 is 13.3. The van der Waals surface area contributed by atoms with Crippen molar-refractivity contribution in [3.05, 3.63) is 22.8 Å². The molecule has 1 saturated carbocycles. The van der Waals surface area contributed by atoms with E-state index in [9.17, 15) is 9.18 Å². The van der Waals surface area contributed by atoms with E-state index in [1.807, 2.05) is 0 Å². The largest absolute Gasteiger partial charge is 0.310 e.